The van der Waals surface area contributed by atoms with E-state index in [0.29, 0.717) is 5.56 Å². The van der Waals surface area contributed by atoms with Crippen LogP contribution in [-0.4, -0.2) is 190 Å². The van der Waals surface area contributed by atoms with Crippen molar-refractivity contribution in [3.63, 3.8) is 0 Å². The molecule has 0 aromatic heterocycles. The van der Waals surface area contributed by atoms with E-state index in [-0.39, 0.29) is 39.9 Å². The molecule has 3 fully saturated rings. The second-order valence-electron chi connectivity index (χ2n) is 15.5. The van der Waals surface area contributed by atoms with Crippen LogP contribution in [0.2, 0.25) is 0 Å². The molecule has 7 rings (SSSR count). The maximum absolute atomic E-state index is 12.5. The molecule has 4 heterocycles. The first-order valence-corrected chi connectivity index (χ1v) is 20.0. The van der Waals surface area contributed by atoms with Crippen molar-refractivity contribution in [3.05, 3.63) is 77.1 Å². The molecule has 0 aliphatic carbocycles. The van der Waals surface area contributed by atoms with Crippen LogP contribution in [0, 0.1) is 0 Å². The second kappa shape index (κ2) is 19.9. The van der Waals surface area contributed by atoms with E-state index in [1.807, 2.05) is 0 Å². The molecule has 3 aromatic carbocycles. The van der Waals surface area contributed by atoms with Crippen LogP contribution in [0.15, 0.2) is 60.4 Å². The third-order valence-electron chi connectivity index (χ3n) is 11.0. The van der Waals surface area contributed by atoms with Crippen LogP contribution in [0.25, 0.3) is 12.2 Å². The summed E-state index contributed by atoms with van der Waals surface area (Å²) in [4.78, 5) is 12.5. The van der Waals surface area contributed by atoms with Gasteiger partial charge >= 0.3 is 5.97 Å². The topological polar surface area (TPSA) is 367 Å². The number of rotatable bonds is 14. The predicted octanol–water partition coefficient (Wildman–Crippen LogP) is -2.07. The molecule has 4 aliphatic rings. The number of hydrogen-bond acceptors (Lipinski definition) is 22. The summed E-state index contributed by atoms with van der Waals surface area (Å²) in [5.74, 6) is -2.71. The standard InChI is InChI=1S/C42H48O23/c1-57-25-8-16(2-5-21(25)45)3-7-30(48)58-13-28-31(49)34(52)37(55)41(64-28)60-15-29-32(50)35(53)39(59-14-27-33(51)36(54)40(56)62-27)42(65-29)63-26-12-19-22(46)10-18(43)11-24(19)61-38(26)17-4-6-20(44)23(47)9-17/h2-12,27-29,31-47,49-56H,13-15H2,1H3/p+1/b7-3+/t27?,28-,29-,31-,32+,33+,34+,35+,36-,37-,38?,39-,40-,41-,42-/m1/s1. The highest BCUT2D eigenvalue weighted by Crippen LogP contribution is 2.46. The molecular weight excluding hydrogens is 872 g/mol. The molecule has 3 aromatic rings. The molecule has 0 saturated carbocycles. The largest absolute Gasteiger partial charge is 0.571 e. The molecule has 2 unspecified atom stereocenters. The zero-order valence-corrected chi connectivity index (χ0v) is 34.1. The van der Waals surface area contributed by atoms with Gasteiger partial charge in [-0.25, -0.2) is 4.79 Å². The Morgan fingerprint density at radius 3 is 2.03 bits per heavy atom. The molecule has 4 aliphatic heterocycles. The minimum absolute atomic E-state index is 0.0506. The number of aliphatic hydroxyl groups is 9. The average Bonchev–Trinajstić information content (AvgIpc) is 3.52. The second-order valence-corrected chi connectivity index (χ2v) is 15.5. The summed E-state index contributed by atoms with van der Waals surface area (Å²) in [5.41, 5.74) is 0.725. The summed E-state index contributed by atoms with van der Waals surface area (Å²) >= 11 is 0. The molecular formula is C42H49O23+. The van der Waals surface area contributed by atoms with Crippen molar-refractivity contribution in [1.29, 1.82) is 0 Å². The number of aliphatic hydroxyl groups excluding tert-OH is 8. The molecule has 3 saturated heterocycles. The number of methoxy groups -OCH3 is 1. The van der Waals surface area contributed by atoms with E-state index in [0.717, 1.165) is 18.2 Å². The van der Waals surface area contributed by atoms with Gasteiger partial charge in [-0.3, -0.25) is 0 Å². The number of carbonyl (C=O) groups excluding carboxylic acids is 1. The molecule has 0 radical (unpaired) electrons. The Morgan fingerprint density at radius 2 is 1.32 bits per heavy atom. The van der Waals surface area contributed by atoms with Crippen LogP contribution in [0.5, 0.6) is 40.2 Å². The van der Waals surface area contributed by atoms with Gasteiger partial charge in [0.1, 0.15) is 90.8 Å². The predicted molar refractivity (Wildman–Crippen MR) is 214 cm³/mol. The number of fused-ring (bicyclic) bond motifs is 1. The van der Waals surface area contributed by atoms with Gasteiger partial charge in [0, 0.05) is 18.2 Å². The SMILES string of the molecule is COc1cc(/C=C/C(=O)OC[C@H]2O[C@@H](OC[C@H]3O[C@@H](OC4=Cc5c(O)cc(O)cc5[OH+]C4c4ccc(O)c(O)c4)[C@H](OCC4O[C@@H](O)[C@H](O)[C@H]4O)[C@@H](O)[C@H]3O)[C@H](O)[C@@H](O)[C@@H]2O)ccc1O. The molecule has 23 nitrogen and oxygen atoms in total. The number of hydrogen-bond donors (Lipinski definition) is 13. The maximum Gasteiger partial charge on any atom is 0.330 e. The molecule has 0 bridgehead atoms. The van der Waals surface area contributed by atoms with Crippen molar-refractivity contribution in [2.75, 3.05) is 26.9 Å². The number of phenolic OH excluding ortho intramolecular Hbond substituents is 5. The first-order chi connectivity index (χ1) is 30.9. The van der Waals surface area contributed by atoms with Crippen molar-refractivity contribution in [2.24, 2.45) is 0 Å². The smallest absolute Gasteiger partial charge is 0.330 e. The Morgan fingerprint density at radius 1 is 0.662 bits per heavy atom. The fourth-order valence-corrected chi connectivity index (χ4v) is 7.41. The van der Waals surface area contributed by atoms with Crippen LogP contribution < -0.4 is 4.74 Å². The van der Waals surface area contributed by atoms with E-state index >= 15 is 0 Å². The zero-order valence-electron chi connectivity index (χ0n) is 34.1. The maximum atomic E-state index is 12.5. The fourth-order valence-electron chi connectivity index (χ4n) is 7.41. The molecule has 23 heteroatoms. The Balaban J connectivity index is 1.09. The Labute approximate surface area is 367 Å². The first-order valence-electron chi connectivity index (χ1n) is 20.0. The van der Waals surface area contributed by atoms with Gasteiger partial charge in [-0.2, -0.15) is 0 Å². The average molecular weight is 922 g/mol. The molecule has 65 heavy (non-hydrogen) atoms. The third-order valence-corrected chi connectivity index (χ3v) is 11.0. The highest BCUT2D eigenvalue weighted by atomic mass is 16.7. The zero-order chi connectivity index (χ0) is 46.9. The van der Waals surface area contributed by atoms with E-state index in [1.54, 1.807) is 0 Å². The van der Waals surface area contributed by atoms with E-state index in [2.05, 4.69) is 4.74 Å². The highest BCUT2D eigenvalue weighted by molar-refractivity contribution is 5.87. The quantitative estimate of drug-likeness (QED) is 0.0357. The Bertz CT molecular complexity index is 2220. The Hall–Kier alpha value is -5.51. The fraction of sp³-hybridized carbons (Fsp3) is 0.452. The number of carbonyl (C=O) groups is 1. The van der Waals surface area contributed by atoms with Crippen molar-refractivity contribution in [1.82, 2.24) is 0 Å². The molecule has 15 atom stereocenters. The number of esters is 1. The van der Waals surface area contributed by atoms with Crippen LogP contribution in [0.3, 0.4) is 0 Å². The summed E-state index contributed by atoms with van der Waals surface area (Å²) in [6.45, 7) is -1.99. The minimum atomic E-state index is -1.93. The van der Waals surface area contributed by atoms with Crippen molar-refractivity contribution in [2.45, 2.75) is 92.1 Å². The normalized spacial score (nSPS) is 33.5. The molecule has 0 spiro atoms. The summed E-state index contributed by atoms with van der Waals surface area (Å²) < 4.78 is 49.6. The van der Waals surface area contributed by atoms with Crippen LogP contribution in [0.4, 0.5) is 0 Å². The lowest BCUT2D eigenvalue weighted by Crippen LogP contribution is -2.62. The number of phenols is 5. The number of benzene rings is 3. The van der Waals surface area contributed by atoms with E-state index in [4.69, 9.17) is 37.9 Å². The third kappa shape index (κ3) is 10.3. The van der Waals surface area contributed by atoms with Crippen LogP contribution >= 0.6 is 0 Å². The van der Waals surface area contributed by atoms with Gasteiger partial charge in [-0.15, -0.1) is 0 Å². The highest BCUT2D eigenvalue weighted by Gasteiger charge is 2.51. The van der Waals surface area contributed by atoms with Gasteiger partial charge in [-0.1, -0.05) is 6.07 Å². The monoisotopic (exact) mass is 921 g/mol. The summed E-state index contributed by atoms with van der Waals surface area (Å²) in [6.07, 6.45) is -21.7. The molecule has 0 amide bonds. The van der Waals surface area contributed by atoms with Gasteiger partial charge in [0.05, 0.1) is 32.0 Å². The van der Waals surface area contributed by atoms with Gasteiger partial charge < -0.3 is 109 Å². The molecule has 14 N–H and O–H groups in total. The summed E-state index contributed by atoms with van der Waals surface area (Å²) in [5, 5.41) is 136. The first kappa shape index (κ1) is 47.5. The van der Waals surface area contributed by atoms with Crippen LogP contribution in [0.1, 0.15) is 22.8 Å². The lowest BCUT2D eigenvalue weighted by molar-refractivity contribution is -0.333. The minimum Gasteiger partial charge on any atom is -0.571 e. The Kier molecular flexibility index (Phi) is 14.5. The van der Waals surface area contributed by atoms with Gasteiger partial charge in [0.15, 0.2) is 41.3 Å². The van der Waals surface area contributed by atoms with Gasteiger partial charge in [-0.05, 0) is 42.0 Å². The van der Waals surface area contributed by atoms with Crippen LogP contribution in [-0.2, 0) is 38.0 Å². The van der Waals surface area contributed by atoms with E-state index in [9.17, 15) is 71.2 Å². The lowest BCUT2D eigenvalue weighted by atomic mass is 9.97. The summed E-state index contributed by atoms with van der Waals surface area (Å²) in [6, 6.07) is 10.3. The number of aromatic hydroxyl groups is 6. The van der Waals surface area contributed by atoms with E-state index < -0.39 is 135 Å². The number of ether oxygens (including phenoxy) is 9. The van der Waals surface area contributed by atoms with Gasteiger partial charge in [0.2, 0.25) is 6.29 Å². The van der Waals surface area contributed by atoms with E-state index in [1.165, 1.54) is 55.7 Å². The van der Waals surface area contributed by atoms with Crippen molar-refractivity contribution < 1.29 is 114 Å². The summed E-state index contributed by atoms with van der Waals surface area (Å²) in [7, 11) is 1.35. The molecule has 354 valence electrons. The van der Waals surface area contributed by atoms with Gasteiger partial charge in [0.25, 0.3) is 11.9 Å². The van der Waals surface area contributed by atoms with Crippen molar-refractivity contribution >= 4 is 18.1 Å². The van der Waals surface area contributed by atoms with Crippen molar-refractivity contribution in [3.8, 4) is 40.2 Å². The lowest BCUT2D eigenvalue weighted by Gasteiger charge is -2.44.